The molecule has 1 atom stereocenters. The molecular weight excluding hydrogens is 198 g/mol. The van der Waals surface area contributed by atoms with Gasteiger partial charge in [-0.05, 0) is 26.9 Å². The molecular formula is C10H22ClN3. The summed E-state index contributed by atoms with van der Waals surface area (Å²) < 4.78 is 0. The van der Waals surface area contributed by atoms with Crippen LogP contribution in [-0.2, 0) is 0 Å². The zero-order chi connectivity index (χ0) is 10.1. The van der Waals surface area contributed by atoms with Crippen LogP contribution in [0, 0.1) is 0 Å². The van der Waals surface area contributed by atoms with Crippen LogP contribution in [-0.4, -0.2) is 43.1 Å². The molecule has 0 spiro atoms. The third kappa shape index (κ3) is 8.24. The molecule has 0 saturated carbocycles. The Labute approximate surface area is 93.7 Å². The molecule has 0 aromatic rings. The topological polar surface area (TPSA) is 28.0 Å². The molecule has 4 heteroatoms. The number of nitrogens with zero attached hydrogens (tertiary/aromatic N) is 3. The van der Waals surface area contributed by atoms with Gasteiger partial charge in [-0.15, -0.1) is 12.4 Å². The number of aliphatic imine (C=N–C) groups is 2. The standard InChI is InChI=1S/C10H21N3.ClH/c1-5-11-9-12-10(4)8-13(6-2)7-3;/h10H,5-8H2,1-4H3;1H. The Morgan fingerprint density at radius 3 is 2.21 bits per heavy atom. The SMILES string of the molecule is CCN=C=NC(C)CN(CC)CC.Cl. The summed E-state index contributed by atoms with van der Waals surface area (Å²) in [6, 6.07) is 3.01. The molecule has 0 aromatic carbocycles. The minimum Gasteiger partial charge on any atom is -0.302 e. The van der Waals surface area contributed by atoms with Gasteiger partial charge in [0.1, 0.15) is 0 Å². The van der Waals surface area contributed by atoms with Crippen molar-refractivity contribution in [3.8, 4) is 0 Å². The van der Waals surface area contributed by atoms with Crippen LogP contribution in [0.4, 0.5) is 0 Å². The zero-order valence-corrected chi connectivity index (χ0v) is 10.5. The molecule has 0 aliphatic rings. The number of likely N-dealkylation sites (N-methyl/N-ethyl adjacent to an activating group) is 1. The summed E-state index contributed by atoms with van der Waals surface area (Å²) >= 11 is 0. The fourth-order valence-electron chi connectivity index (χ4n) is 1.11. The molecule has 0 radical (unpaired) electrons. The second kappa shape index (κ2) is 10.7. The van der Waals surface area contributed by atoms with Crippen molar-refractivity contribution in [2.45, 2.75) is 33.7 Å². The van der Waals surface area contributed by atoms with Crippen LogP contribution in [0.25, 0.3) is 0 Å². The number of rotatable bonds is 6. The van der Waals surface area contributed by atoms with Gasteiger partial charge in [0.2, 0.25) is 0 Å². The summed E-state index contributed by atoms with van der Waals surface area (Å²) in [5, 5.41) is 0. The smallest absolute Gasteiger partial charge is 0.0895 e. The highest BCUT2D eigenvalue weighted by Gasteiger charge is 2.03. The predicted molar refractivity (Wildman–Crippen MR) is 64.9 cm³/mol. The fourth-order valence-corrected chi connectivity index (χ4v) is 1.11. The summed E-state index contributed by atoms with van der Waals surface area (Å²) in [5.41, 5.74) is 0. The molecule has 1 unspecified atom stereocenters. The monoisotopic (exact) mass is 219 g/mol. The van der Waals surface area contributed by atoms with E-state index in [1.54, 1.807) is 0 Å². The van der Waals surface area contributed by atoms with E-state index in [-0.39, 0.29) is 12.4 Å². The molecule has 0 amide bonds. The molecule has 0 bridgehead atoms. The van der Waals surface area contributed by atoms with Gasteiger partial charge in [-0.1, -0.05) is 13.8 Å². The molecule has 0 heterocycles. The summed E-state index contributed by atoms with van der Waals surface area (Å²) in [6.07, 6.45) is 0. The zero-order valence-electron chi connectivity index (χ0n) is 9.66. The van der Waals surface area contributed by atoms with Crippen molar-refractivity contribution in [1.29, 1.82) is 0 Å². The van der Waals surface area contributed by atoms with Gasteiger partial charge in [0.15, 0.2) is 0 Å². The van der Waals surface area contributed by atoms with Gasteiger partial charge in [0.25, 0.3) is 0 Å². The van der Waals surface area contributed by atoms with E-state index < -0.39 is 0 Å². The van der Waals surface area contributed by atoms with Gasteiger partial charge in [0, 0.05) is 13.1 Å². The van der Waals surface area contributed by atoms with Crippen molar-refractivity contribution in [3.63, 3.8) is 0 Å². The summed E-state index contributed by atoms with van der Waals surface area (Å²) in [4.78, 5) is 10.5. The summed E-state index contributed by atoms with van der Waals surface area (Å²) in [6.45, 7) is 12.3. The molecule has 0 saturated heterocycles. The maximum Gasteiger partial charge on any atom is 0.0895 e. The Bertz CT molecular complexity index is 172. The second-order valence-electron chi connectivity index (χ2n) is 3.04. The first-order valence-electron chi connectivity index (χ1n) is 5.08. The normalized spacial score (nSPS) is 11.5. The Morgan fingerprint density at radius 1 is 1.21 bits per heavy atom. The minimum atomic E-state index is 0. The Morgan fingerprint density at radius 2 is 1.79 bits per heavy atom. The van der Waals surface area contributed by atoms with Crippen molar-refractivity contribution in [2.75, 3.05) is 26.2 Å². The third-order valence-corrected chi connectivity index (χ3v) is 1.92. The predicted octanol–water partition coefficient (Wildman–Crippen LogP) is 2.33. The minimum absolute atomic E-state index is 0. The third-order valence-electron chi connectivity index (χ3n) is 1.92. The van der Waals surface area contributed by atoms with Crippen LogP contribution in [0.1, 0.15) is 27.7 Å². The molecule has 0 fully saturated rings. The van der Waals surface area contributed by atoms with E-state index in [9.17, 15) is 0 Å². The summed E-state index contributed by atoms with van der Waals surface area (Å²) in [7, 11) is 0. The summed E-state index contributed by atoms with van der Waals surface area (Å²) in [5.74, 6) is 0. The quantitative estimate of drug-likeness (QED) is 0.631. The highest BCUT2D eigenvalue weighted by atomic mass is 35.5. The van der Waals surface area contributed by atoms with Crippen LogP contribution >= 0.6 is 12.4 Å². The Balaban J connectivity index is 0. The Hall–Kier alpha value is -0.370. The average molecular weight is 220 g/mol. The van der Waals surface area contributed by atoms with Gasteiger partial charge in [-0.3, -0.25) is 0 Å². The molecule has 84 valence electrons. The lowest BCUT2D eigenvalue weighted by molar-refractivity contribution is 0.290. The highest BCUT2D eigenvalue weighted by molar-refractivity contribution is 5.85. The lowest BCUT2D eigenvalue weighted by Crippen LogP contribution is -2.29. The molecule has 3 nitrogen and oxygen atoms in total. The van der Waals surface area contributed by atoms with Crippen molar-refractivity contribution in [1.82, 2.24) is 4.90 Å². The van der Waals surface area contributed by atoms with Crippen LogP contribution in [0.3, 0.4) is 0 Å². The van der Waals surface area contributed by atoms with E-state index in [2.05, 4.69) is 41.7 Å². The van der Waals surface area contributed by atoms with Crippen LogP contribution < -0.4 is 0 Å². The first-order valence-corrected chi connectivity index (χ1v) is 5.08. The molecule has 0 aliphatic carbocycles. The van der Waals surface area contributed by atoms with Gasteiger partial charge in [-0.2, -0.15) is 0 Å². The first-order chi connectivity index (χ1) is 6.24. The van der Waals surface area contributed by atoms with Gasteiger partial charge in [0.05, 0.1) is 12.1 Å². The van der Waals surface area contributed by atoms with Crippen LogP contribution in [0.2, 0.25) is 0 Å². The van der Waals surface area contributed by atoms with Crippen molar-refractivity contribution in [2.24, 2.45) is 9.98 Å². The van der Waals surface area contributed by atoms with E-state index in [4.69, 9.17) is 0 Å². The maximum atomic E-state index is 4.19. The van der Waals surface area contributed by atoms with E-state index in [0.29, 0.717) is 6.04 Å². The second-order valence-corrected chi connectivity index (χ2v) is 3.04. The number of halogens is 1. The average Bonchev–Trinajstić information content (AvgIpc) is 2.14. The van der Waals surface area contributed by atoms with Gasteiger partial charge in [-0.25, -0.2) is 9.98 Å². The van der Waals surface area contributed by atoms with Crippen molar-refractivity contribution in [3.05, 3.63) is 0 Å². The van der Waals surface area contributed by atoms with E-state index in [0.717, 1.165) is 26.2 Å². The lowest BCUT2D eigenvalue weighted by atomic mass is 10.3. The van der Waals surface area contributed by atoms with Crippen molar-refractivity contribution < 1.29 is 0 Å². The Kier molecular flexibility index (Phi) is 12.3. The molecule has 0 aromatic heterocycles. The van der Waals surface area contributed by atoms with E-state index >= 15 is 0 Å². The van der Waals surface area contributed by atoms with E-state index in [1.165, 1.54) is 0 Å². The van der Waals surface area contributed by atoms with Gasteiger partial charge < -0.3 is 4.90 Å². The first kappa shape index (κ1) is 16.1. The largest absolute Gasteiger partial charge is 0.302 e. The lowest BCUT2D eigenvalue weighted by Gasteiger charge is -2.19. The maximum absolute atomic E-state index is 4.19. The van der Waals surface area contributed by atoms with E-state index in [1.807, 2.05) is 6.92 Å². The fraction of sp³-hybridized carbons (Fsp3) is 0.900. The number of hydrogen-bond acceptors (Lipinski definition) is 3. The molecule has 0 N–H and O–H groups in total. The molecule has 14 heavy (non-hydrogen) atoms. The molecule has 0 aliphatic heterocycles. The van der Waals surface area contributed by atoms with Crippen LogP contribution in [0.15, 0.2) is 9.98 Å². The van der Waals surface area contributed by atoms with Crippen LogP contribution in [0.5, 0.6) is 0 Å². The molecule has 0 rings (SSSR count). The number of hydrogen-bond donors (Lipinski definition) is 0. The highest BCUT2D eigenvalue weighted by Crippen LogP contribution is 1.94. The van der Waals surface area contributed by atoms with Crippen molar-refractivity contribution >= 4 is 18.4 Å². The van der Waals surface area contributed by atoms with Gasteiger partial charge >= 0.3 is 0 Å².